The van der Waals surface area contributed by atoms with Crippen LogP contribution in [0.4, 0.5) is 0 Å². The highest BCUT2D eigenvalue weighted by atomic mass is 16.5. The first-order chi connectivity index (χ1) is 13.2. The number of esters is 1. The van der Waals surface area contributed by atoms with E-state index in [1.165, 1.54) is 0 Å². The molecule has 3 aromatic rings. The molecule has 0 saturated carbocycles. The van der Waals surface area contributed by atoms with E-state index < -0.39 is 0 Å². The van der Waals surface area contributed by atoms with Gasteiger partial charge in [0.05, 0.1) is 11.3 Å². The SMILES string of the molecule is CCCCC(CC)C(=O)Oc1c(-c2ccccc2)oc2ccccc2c1=O. The fourth-order valence-electron chi connectivity index (χ4n) is 3.12. The maximum absolute atomic E-state index is 13.0. The van der Waals surface area contributed by atoms with Crippen LogP contribution in [0.1, 0.15) is 39.5 Å². The number of carbonyl (C=O) groups excluding carboxylic acids is 1. The topological polar surface area (TPSA) is 56.5 Å². The Kier molecular flexibility index (Phi) is 6.07. The Bertz CT molecular complexity index is 973. The van der Waals surface area contributed by atoms with Crippen molar-refractivity contribution in [3.05, 3.63) is 64.8 Å². The van der Waals surface area contributed by atoms with Crippen molar-refractivity contribution < 1.29 is 13.9 Å². The van der Waals surface area contributed by atoms with Gasteiger partial charge in [0.15, 0.2) is 5.76 Å². The fourth-order valence-corrected chi connectivity index (χ4v) is 3.12. The van der Waals surface area contributed by atoms with Crippen molar-refractivity contribution in [3.8, 4) is 17.1 Å². The molecule has 0 saturated heterocycles. The third-order valence-electron chi connectivity index (χ3n) is 4.73. The normalized spacial score (nSPS) is 12.1. The minimum absolute atomic E-state index is 0.0279. The zero-order chi connectivity index (χ0) is 19.2. The summed E-state index contributed by atoms with van der Waals surface area (Å²) in [6, 6.07) is 16.3. The Morgan fingerprint density at radius 2 is 1.74 bits per heavy atom. The Labute approximate surface area is 158 Å². The number of carbonyl (C=O) groups is 1. The predicted molar refractivity (Wildman–Crippen MR) is 107 cm³/mol. The summed E-state index contributed by atoms with van der Waals surface area (Å²) in [5.74, 6) is -0.331. The van der Waals surface area contributed by atoms with E-state index in [2.05, 4.69) is 6.92 Å². The van der Waals surface area contributed by atoms with Crippen LogP contribution in [0.15, 0.2) is 63.8 Å². The standard InChI is InChI=1S/C23H24O4/c1-3-5-11-16(4-2)23(25)27-22-20(24)18-14-9-10-15-19(18)26-21(22)17-12-7-6-8-13-17/h6-10,12-16H,3-5,11H2,1-2H3. The molecular weight excluding hydrogens is 340 g/mol. The van der Waals surface area contributed by atoms with Gasteiger partial charge in [-0.3, -0.25) is 9.59 Å². The molecule has 1 aromatic heterocycles. The molecule has 4 nitrogen and oxygen atoms in total. The summed E-state index contributed by atoms with van der Waals surface area (Å²) in [5.41, 5.74) is 0.846. The van der Waals surface area contributed by atoms with Crippen LogP contribution in [0.3, 0.4) is 0 Å². The maximum Gasteiger partial charge on any atom is 0.314 e. The quantitative estimate of drug-likeness (QED) is 0.513. The lowest BCUT2D eigenvalue weighted by atomic mass is 9.99. The highest BCUT2D eigenvalue weighted by Gasteiger charge is 2.24. The minimum atomic E-state index is -0.370. The number of hydrogen-bond donors (Lipinski definition) is 0. The van der Waals surface area contributed by atoms with Crippen LogP contribution < -0.4 is 10.2 Å². The molecule has 0 radical (unpaired) electrons. The molecule has 0 aliphatic rings. The van der Waals surface area contributed by atoms with Crippen molar-refractivity contribution in [3.63, 3.8) is 0 Å². The summed E-state index contributed by atoms with van der Waals surface area (Å²) in [5, 5.41) is 0.404. The third-order valence-corrected chi connectivity index (χ3v) is 4.73. The van der Waals surface area contributed by atoms with E-state index >= 15 is 0 Å². The van der Waals surface area contributed by atoms with Crippen molar-refractivity contribution in [2.24, 2.45) is 5.92 Å². The van der Waals surface area contributed by atoms with Crippen molar-refractivity contribution >= 4 is 16.9 Å². The zero-order valence-corrected chi connectivity index (χ0v) is 15.7. The maximum atomic E-state index is 13.0. The van der Waals surface area contributed by atoms with Crippen molar-refractivity contribution in [2.75, 3.05) is 0 Å². The third kappa shape index (κ3) is 4.11. The second-order valence-electron chi connectivity index (χ2n) is 6.62. The van der Waals surface area contributed by atoms with Crippen LogP contribution in [0.2, 0.25) is 0 Å². The van der Waals surface area contributed by atoms with Gasteiger partial charge in [0.25, 0.3) is 0 Å². The summed E-state index contributed by atoms with van der Waals surface area (Å²) in [6.07, 6.45) is 3.40. The summed E-state index contributed by atoms with van der Waals surface area (Å²) >= 11 is 0. The molecule has 1 atom stereocenters. The Morgan fingerprint density at radius 3 is 2.44 bits per heavy atom. The molecule has 0 spiro atoms. The molecule has 0 fully saturated rings. The predicted octanol–water partition coefficient (Wildman–Crippen LogP) is 5.58. The molecule has 0 bridgehead atoms. The summed E-state index contributed by atoms with van der Waals surface area (Å²) < 4.78 is 11.6. The lowest BCUT2D eigenvalue weighted by Crippen LogP contribution is -2.23. The van der Waals surface area contributed by atoms with E-state index in [0.717, 1.165) is 19.3 Å². The monoisotopic (exact) mass is 364 g/mol. The Hall–Kier alpha value is -2.88. The van der Waals surface area contributed by atoms with Gasteiger partial charge in [0.1, 0.15) is 5.58 Å². The first kappa shape index (κ1) is 18.9. The number of unbranched alkanes of at least 4 members (excludes halogenated alkanes) is 1. The van der Waals surface area contributed by atoms with Gasteiger partial charge in [0.2, 0.25) is 11.2 Å². The van der Waals surface area contributed by atoms with E-state index in [1.807, 2.05) is 43.3 Å². The molecule has 0 aliphatic carbocycles. The molecule has 2 aromatic carbocycles. The average Bonchev–Trinajstić information content (AvgIpc) is 2.71. The lowest BCUT2D eigenvalue weighted by Gasteiger charge is -2.15. The van der Waals surface area contributed by atoms with Crippen LogP contribution in [0.25, 0.3) is 22.3 Å². The zero-order valence-electron chi connectivity index (χ0n) is 15.7. The molecule has 0 aliphatic heterocycles. The van der Waals surface area contributed by atoms with Gasteiger partial charge in [-0.05, 0) is 25.0 Å². The number of benzene rings is 2. The van der Waals surface area contributed by atoms with E-state index in [0.29, 0.717) is 23.0 Å². The summed E-state index contributed by atoms with van der Waals surface area (Å²) in [7, 11) is 0. The molecule has 0 N–H and O–H groups in total. The summed E-state index contributed by atoms with van der Waals surface area (Å²) in [4.78, 5) is 25.8. The van der Waals surface area contributed by atoms with Gasteiger partial charge >= 0.3 is 5.97 Å². The summed E-state index contributed by atoms with van der Waals surface area (Å²) in [6.45, 7) is 4.05. The molecular formula is C23H24O4. The van der Waals surface area contributed by atoms with Crippen LogP contribution in [-0.2, 0) is 4.79 Å². The fraction of sp³-hybridized carbons (Fsp3) is 0.304. The van der Waals surface area contributed by atoms with Gasteiger partial charge in [-0.1, -0.05) is 69.2 Å². The van der Waals surface area contributed by atoms with Gasteiger partial charge in [-0.25, -0.2) is 0 Å². The smallest absolute Gasteiger partial charge is 0.314 e. The number of hydrogen-bond acceptors (Lipinski definition) is 4. The number of ether oxygens (including phenoxy) is 1. The van der Waals surface area contributed by atoms with Crippen molar-refractivity contribution in [2.45, 2.75) is 39.5 Å². The number of rotatable bonds is 7. The highest BCUT2D eigenvalue weighted by molar-refractivity contribution is 5.84. The largest absolute Gasteiger partial charge is 0.452 e. The van der Waals surface area contributed by atoms with Gasteiger partial charge in [0, 0.05) is 5.56 Å². The van der Waals surface area contributed by atoms with E-state index in [1.54, 1.807) is 18.2 Å². The van der Waals surface area contributed by atoms with Crippen molar-refractivity contribution in [1.29, 1.82) is 0 Å². The lowest BCUT2D eigenvalue weighted by molar-refractivity contribution is -0.139. The molecule has 1 unspecified atom stereocenters. The Morgan fingerprint density at radius 1 is 1.04 bits per heavy atom. The Balaban J connectivity index is 2.08. The molecule has 27 heavy (non-hydrogen) atoms. The number of fused-ring (bicyclic) bond motifs is 1. The van der Waals surface area contributed by atoms with Crippen LogP contribution in [-0.4, -0.2) is 5.97 Å². The van der Waals surface area contributed by atoms with Gasteiger partial charge in [-0.2, -0.15) is 0 Å². The molecule has 0 amide bonds. The second kappa shape index (κ2) is 8.67. The van der Waals surface area contributed by atoms with Crippen LogP contribution in [0, 0.1) is 5.92 Å². The van der Waals surface area contributed by atoms with Gasteiger partial charge in [-0.15, -0.1) is 0 Å². The van der Waals surface area contributed by atoms with E-state index in [-0.39, 0.29) is 28.8 Å². The first-order valence-corrected chi connectivity index (χ1v) is 9.48. The molecule has 1 heterocycles. The van der Waals surface area contributed by atoms with E-state index in [9.17, 15) is 9.59 Å². The average molecular weight is 364 g/mol. The number of para-hydroxylation sites is 1. The minimum Gasteiger partial charge on any atom is -0.452 e. The second-order valence-corrected chi connectivity index (χ2v) is 6.62. The van der Waals surface area contributed by atoms with Gasteiger partial charge < -0.3 is 9.15 Å². The highest BCUT2D eigenvalue weighted by Crippen LogP contribution is 2.31. The molecule has 4 heteroatoms. The van der Waals surface area contributed by atoms with E-state index in [4.69, 9.17) is 9.15 Å². The van der Waals surface area contributed by atoms with Crippen LogP contribution in [0.5, 0.6) is 5.75 Å². The molecule has 140 valence electrons. The van der Waals surface area contributed by atoms with Crippen molar-refractivity contribution in [1.82, 2.24) is 0 Å². The first-order valence-electron chi connectivity index (χ1n) is 9.48. The van der Waals surface area contributed by atoms with Crippen LogP contribution >= 0.6 is 0 Å². The molecule has 3 rings (SSSR count).